The molecule has 0 amide bonds. The average molecular weight is 268 g/mol. The van der Waals surface area contributed by atoms with Crippen LogP contribution >= 0.6 is 0 Å². The van der Waals surface area contributed by atoms with Gasteiger partial charge in [0.25, 0.3) is 0 Å². The maximum Gasteiger partial charge on any atom is 0.0220 e. The van der Waals surface area contributed by atoms with E-state index in [0.717, 1.165) is 24.4 Å². The zero-order valence-electron chi connectivity index (χ0n) is 14.1. The van der Waals surface area contributed by atoms with Crippen molar-refractivity contribution in [1.29, 1.82) is 0 Å². The predicted molar refractivity (Wildman–Crippen MR) is 85.5 cm³/mol. The average Bonchev–Trinajstić information content (AvgIpc) is 2.26. The Hall–Kier alpha value is -0.0800. The maximum atomic E-state index is 3.95. The molecule has 1 rings (SSSR count). The first-order valence-electron chi connectivity index (χ1n) is 8.29. The molecule has 1 saturated carbocycles. The largest absolute Gasteiger partial charge is 0.310 e. The molecule has 1 fully saturated rings. The van der Waals surface area contributed by atoms with Crippen molar-refractivity contribution in [3.8, 4) is 0 Å². The van der Waals surface area contributed by atoms with E-state index in [2.05, 4.69) is 52.0 Å². The van der Waals surface area contributed by atoms with Gasteiger partial charge in [-0.1, -0.05) is 40.5 Å². The monoisotopic (exact) mass is 268 g/mol. The van der Waals surface area contributed by atoms with E-state index in [1.165, 1.54) is 32.1 Å². The van der Waals surface area contributed by atoms with Crippen LogP contribution < -0.4 is 5.32 Å². The highest BCUT2D eigenvalue weighted by Gasteiger charge is 2.25. The molecule has 1 aliphatic carbocycles. The number of nitrogens with one attached hydrogen (secondary N) is 1. The van der Waals surface area contributed by atoms with Gasteiger partial charge in [0.1, 0.15) is 0 Å². The summed E-state index contributed by atoms with van der Waals surface area (Å²) in [5, 5.41) is 3.95. The van der Waals surface area contributed by atoms with E-state index >= 15 is 0 Å². The van der Waals surface area contributed by atoms with Crippen molar-refractivity contribution in [2.45, 2.75) is 71.9 Å². The lowest BCUT2D eigenvalue weighted by Gasteiger charge is -2.35. The van der Waals surface area contributed by atoms with Crippen LogP contribution in [0.5, 0.6) is 0 Å². The van der Waals surface area contributed by atoms with E-state index in [1.807, 2.05) is 0 Å². The number of likely N-dealkylation sites (N-methyl/N-ethyl adjacent to an activating group) is 1. The van der Waals surface area contributed by atoms with Gasteiger partial charge in [0.2, 0.25) is 0 Å². The maximum absolute atomic E-state index is 3.95. The predicted octanol–water partition coefficient (Wildman–Crippen LogP) is 3.77. The second-order valence-corrected chi connectivity index (χ2v) is 7.64. The van der Waals surface area contributed by atoms with Crippen LogP contribution in [0.1, 0.15) is 59.8 Å². The van der Waals surface area contributed by atoms with Crippen molar-refractivity contribution >= 4 is 0 Å². The third-order valence-electron chi connectivity index (χ3n) is 4.40. The highest BCUT2D eigenvalue weighted by Crippen LogP contribution is 2.29. The summed E-state index contributed by atoms with van der Waals surface area (Å²) in [6.45, 7) is 10.6. The molecule has 1 aliphatic rings. The summed E-state index contributed by atoms with van der Waals surface area (Å²) < 4.78 is 0. The highest BCUT2D eigenvalue weighted by molar-refractivity contribution is 4.83. The van der Waals surface area contributed by atoms with Crippen LogP contribution in [0.15, 0.2) is 0 Å². The SMILES string of the molecule is CC(C)CC1CCCC(NC(CN(C)C)C(C)C)C1. The number of hydrogen-bond acceptors (Lipinski definition) is 2. The summed E-state index contributed by atoms with van der Waals surface area (Å²) in [4.78, 5) is 2.31. The van der Waals surface area contributed by atoms with Crippen LogP contribution in [0, 0.1) is 17.8 Å². The molecule has 0 heterocycles. The highest BCUT2D eigenvalue weighted by atomic mass is 15.1. The third kappa shape index (κ3) is 6.76. The van der Waals surface area contributed by atoms with E-state index in [1.54, 1.807) is 0 Å². The van der Waals surface area contributed by atoms with Crippen LogP contribution in [0.25, 0.3) is 0 Å². The summed E-state index contributed by atoms with van der Waals surface area (Å²) in [6, 6.07) is 1.39. The molecule has 2 nitrogen and oxygen atoms in total. The standard InChI is InChI=1S/C17H36N2/c1-13(2)10-15-8-7-9-16(11-15)18-17(14(3)4)12-19(5)6/h13-18H,7-12H2,1-6H3. The molecule has 2 heteroatoms. The van der Waals surface area contributed by atoms with Crippen molar-refractivity contribution in [2.75, 3.05) is 20.6 Å². The van der Waals surface area contributed by atoms with E-state index < -0.39 is 0 Å². The Kier molecular flexibility index (Phi) is 7.38. The minimum atomic E-state index is 0.637. The van der Waals surface area contributed by atoms with Gasteiger partial charge >= 0.3 is 0 Å². The van der Waals surface area contributed by atoms with Crippen molar-refractivity contribution in [2.24, 2.45) is 17.8 Å². The number of rotatable bonds is 7. The first-order chi connectivity index (χ1) is 8.88. The molecule has 0 spiro atoms. The Labute approximate surface area is 121 Å². The first-order valence-corrected chi connectivity index (χ1v) is 8.29. The lowest BCUT2D eigenvalue weighted by molar-refractivity contribution is 0.206. The molecule has 0 aromatic rings. The second kappa shape index (κ2) is 8.26. The Morgan fingerprint density at radius 3 is 2.32 bits per heavy atom. The van der Waals surface area contributed by atoms with E-state index in [0.29, 0.717) is 12.0 Å². The van der Waals surface area contributed by atoms with Gasteiger partial charge in [-0.25, -0.2) is 0 Å². The summed E-state index contributed by atoms with van der Waals surface area (Å²) in [6.07, 6.45) is 7.07. The molecule has 0 aliphatic heterocycles. The van der Waals surface area contributed by atoms with Crippen LogP contribution in [0.2, 0.25) is 0 Å². The van der Waals surface area contributed by atoms with Gasteiger partial charge in [0.05, 0.1) is 0 Å². The van der Waals surface area contributed by atoms with E-state index in [9.17, 15) is 0 Å². The summed E-state index contributed by atoms with van der Waals surface area (Å²) in [7, 11) is 4.36. The molecule has 0 aromatic carbocycles. The molecular weight excluding hydrogens is 232 g/mol. The van der Waals surface area contributed by atoms with E-state index in [4.69, 9.17) is 0 Å². The van der Waals surface area contributed by atoms with Crippen LogP contribution in [0.3, 0.4) is 0 Å². The second-order valence-electron chi connectivity index (χ2n) is 7.64. The third-order valence-corrected chi connectivity index (χ3v) is 4.40. The Morgan fingerprint density at radius 1 is 1.11 bits per heavy atom. The Bertz CT molecular complexity index is 235. The van der Waals surface area contributed by atoms with E-state index in [-0.39, 0.29) is 0 Å². The topological polar surface area (TPSA) is 15.3 Å². The molecule has 19 heavy (non-hydrogen) atoms. The van der Waals surface area contributed by atoms with Gasteiger partial charge < -0.3 is 10.2 Å². The zero-order chi connectivity index (χ0) is 14.4. The van der Waals surface area contributed by atoms with Gasteiger partial charge in [0.15, 0.2) is 0 Å². The fraction of sp³-hybridized carbons (Fsp3) is 1.00. The van der Waals surface area contributed by atoms with Gasteiger partial charge in [0, 0.05) is 18.6 Å². The molecular formula is C17H36N2. The number of hydrogen-bond donors (Lipinski definition) is 1. The summed E-state index contributed by atoms with van der Waals surface area (Å²) >= 11 is 0. The molecule has 0 aromatic heterocycles. The van der Waals surface area contributed by atoms with Crippen LogP contribution in [-0.2, 0) is 0 Å². The Balaban J connectivity index is 2.44. The molecule has 114 valence electrons. The first kappa shape index (κ1) is 17.0. The quantitative estimate of drug-likeness (QED) is 0.756. The fourth-order valence-electron chi connectivity index (χ4n) is 3.48. The minimum Gasteiger partial charge on any atom is -0.310 e. The lowest BCUT2D eigenvalue weighted by atomic mass is 9.80. The molecule has 0 bridgehead atoms. The van der Waals surface area contributed by atoms with Crippen molar-refractivity contribution in [1.82, 2.24) is 10.2 Å². The fourth-order valence-corrected chi connectivity index (χ4v) is 3.48. The normalized spacial score (nSPS) is 26.4. The molecule has 3 unspecified atom stereocenters. The van der Waals surface area contributed by atoms with Gasteiger partial charge in [-0.2, -0.15) is 0 Å². The molecule has 0 saturated heterocycles. The Morgan fingerprint density at radius 2 is 1.79 bits per heavy atom. The zero-order valence-corrected chi connectivity index (χ0v) is 14.1. The molecule has 3 atom stereocenters. The minimum absolute atomic E-state index is 0.637. The molecule has 1 N–H and O–H groups in total. The summed E-state index contributed by atoms with van der Waals surface area (Å²) in [5.74, 6) is 2.53. The van der Waals surface area contributed by atoms with Gasteiger partial charge in [-0.3, -0.25) is 0 Å². The molecule has 0 radical (unpaired) electrons. The van der Waals surface area contributed by atoms with Crippen molar-refractivity contribution in [3.05, 3.63) is 0 Å². The van der Waals surface area contributed by atoms with Crippen LogP contribution in [0.4, 0.5) is 0 Å². The number of nitrogens with zero attached hydrogens (tertiary/aromatic N) is 1. The van der Waals surface area contributed by atoms with Crippen LogP contribution in [-0.4, -0.2) is 37.6 Å². The smallest absolute Gasteiger partial charge is 0.0220 e. The van der Waals surface area contributed by atoms with Crippen molar-refractivity contribution in [3.63, 3.8) is 0 Å². The lowest BCUT2D eigenvalue weighted by Crippen LogP contribution is -2.48. The van der Waals surface area contributed by atoms with Crippen molar-refractivity contribution < 1.29 is 0 Å². The van der Waals surface area contributed by atoms with Gasteiger partial charge in [-0.05, 0) is 51.1 Å². The summed E-state index contributed by atoms with van der Waals surface area (Å²) in [5.41, 5.74) is 0. The van der Waals surface area contributed by atoms with Gasteiger partial charge in [-0.15, -0.1) is 0 Å².